The zero-order valence-corrected chi connectivity index (χ0v) is 16.5. The van der Waals surface area contributed by atoms with Gasteiger partial charge < -0.3 is 14.7 Å². The highest BCUT2D eigenvalue weighted by molar-refractivity contribution is 6.05. The van der Waals surface area contributed by atoms with Gasteiger partial charge in [0.25, 0.3) is 0 Å². The molecule has 0 bridgehead atoms. The van der Waals surface area contributed by atoms with Crippen molar-refractivity contribution in [3.8, 4) is 5.75 Å². The van der Waals surface area contributed by atoms with Crippen molar-refractivity contribution in [3.05, 3.63) is 28.8 Å². The molecule has 138 valence electrons. The number of phenols is 1. The van der Waals surface area contributed by atoms with Crippen LogP contribution in [0, 0.1) is 0 Å². The number of hydrogen-bond donors (Lipinski definition) is 1. The van der Waals surface area contributed by atoms with Gasteiger partial charge in [0.1, 0.15) is 5.75 Å². The van der Waals surface area contributed by atoms with Gasteiger partial charge >= 0.3 is 5.97 Å². The lowest BCUT2D eigenvalue weighted by molar-refractivity contribution is -0.164. The molecule has 0 radical (unpaired) electrons. The fraction of sp³-hybridized carbons (Fsp3) is 0.600. The molecule has 25 heavy (non-hydrogen) atoms. The second-order valence-electron chi connectivity index (χ2n) is 8.95. The molecule has 0 fully saturated rings. The van der Waals surface area contributed by atoms with Gasteiger partial charge in [-0.25, -0.2) is 4.79 Å². The van der Waals surface area contributed by atoms with Crippen molar-refractivity contribution < 1.29 is 19.5 Å². The Hall–Kier alpha value is -2.04. The number of carbonyl (C=O) groups excluding carboxylic acids is 1. The SMILES string of the molecule is COC(=O)[C@@]1(C)CC(c2cc(C(C)(C)C)c(O)c(C(C)(C)C)c2)=NO1. The van der Waals surface area contributed by atoms with Gasteiger partial charge in [0.05, 0.1) is 12.8 Å². The number of nitrogens with zero attached hydrogens (tertiary/aromatic N) is 1. The third-order valence-corrected chi connectivity index (χ3v) is 4.54. The summed E-state index contributed by atoms with van der Waals surface area (Å²) < 4.78 is 4.82. The van der Waals surface area contributed by atoms with E-state index in [4.69, 9.17) is 9.57 Å². The molecular formula is C20H29NO4. The molecule has 0 saturated heterocycles. The quantitative estimate of drug-likeness (QED) is 0.820. The highest BCUT2D eigenvalue weighted by atomic mass is 16.7. The summed E-state index contributed by atoms with van der Waals surface area (Å²) in [6, 6.07) is 3.88. The van der Waals surface area contributed by atoms with Gasteiger partial charge in [-0.1, -0.05) is 46.7 Å². The predicted molar refractivity (Wildman–Crippen MR) is 98.2 cm³/mol. The van der Waals surface area contributed by atoms with E-state index >= 15 is 0 Å². The van der Waals surface area contributed by atoms with Crippen LogP contribution in [0.15, 0.2) is 17.3 Å². The third-order valence-electron chi connectivity index (χ3n) is 4.54. The Morgan fingerprint density at radius 1 is 1.16 bits per heavy atom. The van der Waals surface area contributed by atoms with E-state index < -0.39 is 11.6 Å². The molecule has 0 spiro atoms. The van der Waals surface area contributed by atoms with Crippen LogP contribution in [-0.4, -0.2) is 29.5 Å². The number of hydrogen-bond acceptors (Lipinski definition) is 5. The van der Waals surface area contributed by atoms with Crippen molar-refractivity contribution in [2.24, 2.45) is 5.16 Å². The molecule has 1 N–H and O–H groups in total. The predicted octanol–water partition coefficient (Wildman–Crippen LogP) is 4.04. The molecule has 1 atom stereocenters. The number of oxime groups is 1. The van der Waals surface area contributed by atoms with Crippen LogP contribution in [0.5, 0.6) is 5.75 Å². The van der Waals surface area contributed by atoms with Crippen molar-refractivity contribution in [3.63, 3.8) is 0 Å². The lowest BCUT2D eigenvalue weighted by Gasteiger charge is -2.28. The number of carbonyl (C=O) groups is 1. The molecule has 5 nitrogen and oxygen atoms in total. The molecule has 5 heteroatoms. The summed E-state index contributed by atoms with van der Waals surface area (Å²) in [5, 5.41) is 14.9. The molecule has 0 unspecified atom stereocenters. The van der Waals surface area contributed by atoms with Crippen LogP contribution in [0.2, 0.25) is 0 Å². The monoisotopic (exact) mass is 347 g/mol. The van der Waals surface area contributed by atoms with Gasteiger partial charge in [-0.2, -0.15) is 0 Å². The molecule has 1 aromatic carbocycles. The summed E-state index contributed by atoms with van der Waals surface area (Å²) >= 11 is 0. The number of ether oxygens (including phenoxy) is 1. The summed E-state index contributed by atoms with van der Waals surface area (Å²) in [4.78, 5) is 17.4. The number of methoxy groups -OCH3 is 1. The van der Waals surface area contributed by atoms with Crippen LogP contribution in [0.1, 0.15) is 71.6 Å². The standard InChI is InChI=1S/C20H29NO4/c1-18(2,3)13-9-12(10-14(16(13)22)19(4,5)6)15-11-20(7,25-21-15)17(23)24-8/h9-10,22H,11H2,1-8H3/t20-/m1/s1. The fourth-order valence-electron chi connectivity index (χ4n) is 2.96. The van der Waals surface area contributed by atoms with Gasteiger partial charge in [-0.15, -0.1) is 0 Å². The van der Waals surface area contributed by atoms with Crippen molar-refractivity contribution in [2.45, 2.75) is 71.3 Å². The number of aromatic hydroxyl groups is 1. The van der Waals surface area contributed by atoms with E-state index in [1.54, 1.807) is 6.92 Å². The van der Waals surface area contributed by atoms with Crippen molar-refractivity contribution in [1.82, 2.24) is 0 Å². The van der Waals surface area contributed by atoms with Gasteiger partial charge in [-0.3, -0.25) is 0 Å². The van der Waals surface area contributed by atoms with Gasteiger partial charge in [-0.05, 0) is 29.9 Å². The first-order valence-corrected chi connectivity index (χ1v) is 8.51. The molecule has 1 aromatic rings. The van der Waals surface area contributed by atoms with E-state index in [0.717, 1.165) is 16.7 Å². The maximum Gasteiger partial charge on any atom is 0.353 e. The number of phenolic OH excluding ortho intramolecular Hbond substituents is 1. The van der Waals surface area contributed by atoms with E-state index in [2.05, 4.69) is 46.7 Å². The first-order valence-electron chi connectivity index (χ1n) is 8.51. The Bertz CT molecular complexity index is 687. The molecule has 2 rings (SSSR count). The van der Waals surface area contributed by atoms with Gasteiger partial charge in [0, 0.05) is 23.1 Å². The lowest BCUT2D eigenvalue weighted by atomic mass is 9.77. The van der Waals surface area contributed by atoms with Crippen LogP contribution < -0.4 is 0 Å². The maximum absolute atomic E-state index is 12.0. The first-order chi connectivity index (χ1) is 11.3. The molecule has 0 saturated carbocycles. The first kappa shape index (κ1) is 19.3. The second kappa shape index (κ2) is 6.04. The number of esters is 1. The minimum Gasteiger partial charge on any atom is -0.507 e. The summed E-state index contributed by atoms with van der Waals surface area (Å²) in [6.45, 7) is 14.0. The largest absolute Gasteiger partial charge is 0.507 e. The van der Waals surface area contributed by atoms with Gasteiger partial charge in [0.15, 0.2) is 0 Å². The van der Waals surface area contributed by atoms with Crippen LogP contribution >= 0.6 is 0 Å². The van der Waals surface area contributed by atoms with Crippen LogP contribution in [0.3, 0.4) is 0 Å². The molecule has 1 aliphatic rings. The highest BCUT2D eigenvalue weighted by Gasteiger charge is 2.43. The Kier molecular flexibility index (Phi) is 4.66. The van der Waals surface area contributed by atoms with Crippen molar-refractivity contribution in [1.29, 1.82) is 0 Å². The van der Waals surface area contributed by atoms with E-state index in [1.165, 1.54) is 7.11 Å². The molecule has 1 aliphatic heterocycles. The average molecular weight is 347 g/mol. The highest BCUT2D eigenvalue weighted by Crippen LogP contribution is 2.41. The Balaban J connectivity index is 2.55. The summed E-state index contributed by atoms with van der Waals surface area (Å²) in [5.41, 5.74) is 1.68. The van der Waals surface area contributed by atoms with E-state index in [-0.39, 0.29) is 10.8 Å². The van der Waals surface area contributed by atoms with Crippen LogP contribution in [-0.2, 0) is 25.2 Å². The molecule has 1 heterocycles. The number of rotatable bonds is 2. The van der Waals surface area contributed by atoms with Crippen molar-refractivity contribution >= 4 is 11.7 Å². The van der Waals surface area contributed by atoms with E-state index in [1.807, 2.05) is 12.1 Å². The molecule has 0 amide bonds. The van der Waals surface area contributed by atoms with Crippen LogP contribution in [0.4, 0.5) is 0 Å². The zero-order valence-electron chi connectivity index (χ0n) is 16.5. The normalized spacial score (nSPS) is 20.9. The smallest absolute Gasteiger partial charge is 0.353 e. The molecular weight excluding hydrogens is 318 g/mol. The number of benzene rings is 1. The molecule has 0 aliphatic carbocycles. The third kappa shape index (κ3) is 3.65. The topological polar surface area (TPSA) is 68.1 Å². The summed E-state index contributed by atoms with van der Waals surface area (Å²) in [5.74, 6) is -0.129. The van der Waals surface area contributed by atoms with E-state index in [9.17, 15) is 9.90 Å². The minimum atomic E-state index is -1.11. The Morgan fingerprint density at radius 2 is 1.64 bits per heavy atom. The summed E-state index contributed by atoms with van der Waals surface area (Å²) in [7, 11) is 1.34. The molecule has 0 aromatic heterocycles. The Morgan fingerprint density at radius 3 is 2.04 bits per heavy atom. The summed E-state index contributed by atoms with van der Waals surface area (Å²) in [6.07, 6.45) is 0.331. The minimum absolute atomic E-state index is 0.230. The van der Waals surface area contributed by atoms with E-state index in [0.29, 0.717) is 17.9 Å². The Labute approximate surface area is 150 Å². The average Bonchev–Trinajstić information content (AvgIpc) is 2.88. The van der Waals surface area contributed by atoms with Crippen molar-refractivity contribution in [2.75, 3.05) is 7.11 Å². The lowest BCUT2D eigenvalue weighted by Crippen LogP contribution is -2.36. The maximum atomic E-state index is 12.0. The fourth-order valence-corrected chi connectivity index (χ4v) is 2.96. The van der Waals surface area contributed by atoms with Gasteiger partial charge in [0.2, 0.25) is 5.60 Å². The second-order valence-corrected chi connectivity index (χ2v) is 8.95. The van der Waals surface area contributed by atoms with Crippen LogP contribution in [0.25, 0.3) is 0 Å². The zero-order chi connectivity index (χ0) is 19.2.